The van der Waals surface area contributed by atoms with Crippen molar-refractivity contribution < 1.29 is 8.42 Å². The summed E-state index contributed by atoms with van der Waals surface area (Å²) in [6.07, 6.45) is 0. The third kappa shape index (κ3) is 2.67. The molecular weight excluding hydrogens is 418 g/mol. The summed E-state index contributed by atoms with van der Waals surface area (Å²) in [6.45, 7) is 0. The number of rotatable bonds is 1. The predicted octanol–water partition coefficient (Wildman–Crippen LogP) is 1.13. The highest BCUT2D eigenvalue weighted by atomic mass is 127. The van der Waals surface area contributed by atoms with Crippen molar-refractivity contribution in [1.29, 1.82) is 0 Å². The number of hydrogen-bond acceptors (Lipinski definition) is 3. The molecule has 0 aliphatic carbocycles. The lowest BCUT2D eigenvalue weighted by molar-refractivity contribution is 0.597. The molecule has 0 aliphatic rings. The van der Waals surface area contributed by atoms with Crippen LogP contribution in [0.5, 0.6) is 0 Å². The van der Waals surface area contributed by atoms with Gasteiger partial charge >= 0.3 is 0 Å². The van der Waals surface area contributed by atoms with E-state index in [1.165, 1.54) is 6.07 Å². The van der Waals surface area contributed by atoms with Crippen molar-refractivity contribution in [3.8, 4) is 0 Å². The number of benzene rings is 1. The van der Waals surface area contributed by atoms with Crippen LogP contribution in [0.15, 0.2) is 17.0 Å². The Morgan fingerprint density at radius 3 is 2.15 bits per heavy atom. The molecule has 0 aliphatic heterocycles. The average Bonchev–Trinajstić information content (AvgIpc) is 1.94. The molecule has 4 N–H and O–H groups in total. The molecule has 72 valence electrons. The Balaban J connectivity index is 3.50. The normalized spacial score (nSPS) is 11.6. The number of sulfonamides is 1. The molecule has 0 amide bonds. The monoisotopic (exact) mass is 424 g/mol. The van der Waals surface area contributed by atoms with Crippen LogP contribution in [0.1, 0.15) is 0 Å². The number of halogens is 2. The molecule has 1 aromatic carbocycles. The number of nitrogen functional groups attached to an aromatic ring is 1. The van der Waals surface area contributed by atoms with Crippen LogP contribution < -0.4 is 10.9 Å². The number of anilines is 1. The first-order valence-corrected chi connectivity index (χ1v) is 6.80. The molecule has 0 atom stereocenters. The highest BCUT2D eigenvalue weighted by Crippen LogP contribution is 2.24. The van der Waals surface area contributed by atoms with Crippen LogP contribution in [-0.4, -0.2) is 8.42 Å². The lowest BCUT2D eigenvalue weighted by atomic mass is 10.3. The van der Waals surface area contributed by atoms with Gasteiger partial charge < -0.3 is 5.73 Å². The number of hydrogen-bond donors (Lipinski definition) is 2. The van der Waals surface area contributed by atoms with Crippen molar-refractivity contribution in [1.82, 2.24) is 0 Å². The van der Waals surface area contributed by atoms with Gasteiger partial charge in [0.1, 0.15) is 0 Å². The Bertz CT molecular complexity index is 444. The van der Waals surface area contributed by atoms with Gasteiger partial charge in [-0.15, -0.1) is 0 Å². The van der Waals surface area contributed by atoms with E-state index in [1.807, 2.05) is 45.2 Å². The maximum atomic E-state index is 11.0. The molecule has 0 saturated heterocycles. The SMILES string of the molecule is Nc1cc(I)c(S(N)(=O)=O)cc1I. The predicted molar refractivity (Wildman–Crippen MR) is 67.7 cm³/mol. The fraction of sp³-hybridized carbons (Fsp3) is 0. The van der Waals surface area contributed by atoms with E-state index in [0.29, 0.717) is 12.8 Å². The Hall–Kier alpha value is 0.390. The molecule has 0 spiro atoms. The van der Waals surface area contributed by atoms with E-state index in [9.17, 15) is 8.42 Å². The molecule has 0 fully saturated rings. The molecule has 1 aromatic rings. The van der Waals surface area contributed by atoms with Crippen LogP contribution >= 0.6 is 45.2 Å². The van der Waals surface area contributed by atoms with Crippen molar-refractivity contribution in [2.24, 2.45) is 5.14 Å². The zero-order valence-corrected chi connectivity index (χ0v) is 11.4. The van der Waals surface area contributed by atoms with Gasteiger partial charge in [0.15, 0.2) is 0 Å². The van der Waals surface area contributed by atoms with Gasteiger partial charge in [0, 0.05) is 12.8 Å². The van der Waals surface area contributed by atoms with Crippen LogP contribution in [0.25, 0.3) is 0 Å². The van der Waals surface area contributed by atoms with Gasteiger partial charge in [-0.3, -0.25) is 0 Å². The minimum atomic E-state index is -3.64. The molecule has 0 bridgehead atoms. The van der Waals surface area contributed by atoms with Crippen molar-refractivity contribution in [2.75, 3.05) is 5.73 Å². The third-order valence-corrected chi connectivity index (χ3v) is 4.50. The molecule has 13 heavy (non-hydrogen) atoms. The summed E-state index contributed by atoms with van der Waals surface area (Å²) in [4.78, 5) is 0.117. The van der Waals surface area contributed by atoms with Crippen LogP contribution in [-0.2, 0) is 10.0 Å². The van der Waals surface area contributed by atoms with Gasteiger partial charge in [0.2, 0.25) is 10.0 Å². The largest absolute Gasteiger partial charge is 0.398 e. The van der Waals surface area contributed by atoms with Gasteiger partial charge in [-0.25, -0.2) is 13.6 Å². The van der Waals surface area contributed by atoms with E-state index in [2.05, 4.69) is 0 Å². The van der Waals surface area contributed by atoms with Gasteiger partial charge in [0.25, 0.3) is 0 Å². The Morgan fingerprint density at radius 2 is 1.69 bits per heavy atom. The summed E-state index contributed by atoms with van der Waals surface area (Å²) in [5.74, 6) is 0. The zero-order valence-electron chi connectivity index (χ0n) is 6.29. The maximum Gasteiger partial charge on any atom is 0.239 e. The first kappa shape index (κ1) is 11.5. The molecule has 1 rings (SSSR count). The molecule has 4 nitrogen and oxygen atoms in total. The summed E-state index contributed by atoms with van der Waals surface area (Å²) in [5, 5.41) is 5.00. The van der Waals surface area contributed by atoms with Crippen molar-refractivity contribution >= 4 is 60.9 Å². The van der Waals surface area contributed by atoms with Gasteiger partial charge in [-0.2, -0.15) is 0 Å². The fourth-order valence-corrected chi connectivity index (χ4v) is 3.47. The second-order valence-corrected chi connectivity index (χ2v) is 6.20. The molecular formula is C6H6I2N2O2S. The molecule has 7 heteroatoms. The Labute approximate surface area is 103 Å². The highest BCUT2D eigenvalue weighted by Gasteiger charge is 2.14. The summed E-state index contributed by atoms with van der Waals surface area (Å²) < 4.78 is 23.3. The van der Waals surface area contributed by atoms with Crippen LogP contribution in [0.4, 0.5) is 5.69 Å². The molecule has 0 unspecified atom stereocenters. The van der Waals surface area contributed by atoms with Crippen LogP contribution in [0.2, 0.25) is 0 Å². The van der Waals surface area contributed by atoms with E-state index in [1.54, 1.807) is 6.07 Å². The van der Waals surface area contributed by atoms with E-state index in [4.69, 9.17) is 10.9 Å². The minimum absolute atomic E-state index is 0.117. The summed E-state index contributed by atoms with van der Waals surface area (Å²) in [7, 11) is -3.64. The Kier molecular flexibility index (Phi) is 3.41. The second kappa shape index (κ2) is 3.87. The molecule has 0 saturated carbocycles. The second-order valence-electron chi connectivity index (χ2n) is 2.35. The van der Waals surface area contributed by atoms with Crippen LogP contribution in [0, 0.1) is 7.14 Å². The van der Waals surface area contributed by atoms with Gasteiger partial charge in [-0.05, 0) is 57.3 Å². The van der Waals surface area contributed by atoms with Gasteiger partial charge in [-0.1, -0.05) is 0 Å². The molecule has 0 radical (unpaired) electrons. The Morgan fingerprint density at radius 1 is 1.15 bits per heavy atom. The van der Waals surface area contributed by atoms with E-state index >= 15 is 0 Å². The fourth-order valence-electron chi connectivity index (χ4n) is 0.762. The maximum absolute atomic E-state index is 11.0. The topological polar surface area (TPSA) is 86.2 Å². The zero-order chi connectivity index (χ0) is 10.2. The summed E-state index contributed by atoms with van der Waals surface area (Å²) in [5.41, 5.74) is 6.14. The summed E-state index contributed by atoms with van der Waals surface area (Å²) in [6, 6.07) is 3.05. The van der Waals surface area contributed by atoms with Gasteiger partial charge in [0.05, 0.1) is 4.90 Å². The van der Waals surface area contributed by atoms with Crippen molar-refractivity contribution in [3.63, 3.8) is 0 Å². The van der Waals surface area contributed by atoms with E-state index in [0.717, 1.165) is 0 Å². The first-order chi connectivity index (χ1) is 5.82. The van der Waals surface area contributed by atoms with Crippen molar-refractivity contribution in [2.45, 2.75) is 4.90 Å². The highest BCUT2D eigenvalue weighted by molar-refractivity contribution is 14.1. The van der Waals surface area contributed by atoms with E-state index < -0.39 is 10.0 Å². The number of nitrogens with two attached hydrogens (primary N) is 2. The average molecular weight is 424 g/mol. The minimum Gasteiger partial charge on any atom is -0.398 e. The van der Waals surface area contributed by atoms with Crippen molar-refractivity contribution in [3.05, 3.63) is 19.3 Å². The molecule has 0 heterocycles. The standard InChI is InChI=1S/C6H6I2N2O2S/c7-3-2-6(13(10,11)12)4(8)1-5(3)9/h1-2H,9H2,(H2,10,11,12). The quantitative estimate of drug-likeness (QED) is 0.524. The molecule has 0 aromatic heterocycles. The lowest BCUT2D eigenvalue weighted by Gasteiger charge is -2.04. The van der Waals surface area contributed by atoms with E-state index in [-0.39, 0.29) is 4.90 Å². The lowest BCUT2D eigenvalue weighted by Crippen LogP contribution is -2.14. The smallest absolute Gasteiger partial charge is 0.239 e. The van der Waals surface area contributed by atoms with Crippen LogP contribution in [0.3, 0.4) is 0 Å². The number of primary sulfonamides is 1. The first-order valence-electron chi connectivity index (χ1n) is 3.09. The third-order valence-electron chi connectivity index (χ3n) is 1.36. The summed E-state index contributed by atoms with van der Waals surface area (Å²) >= 11 is 3.84.